The van der Waals surface area contributed by atoms with Crippen molar-refractivity contribution >= 4 is 15.9 Å². The lowest BCUT2D eigenvalue weighted by atomic mass is 10.3. The Labute approximate surface area is 109 Å². The van der Waals surface area contributed by atoms with Gasteiger partial charge in [0.15, 0.2) is 0 Å². The summed E-state index contributed by atoms with van der Waals surface area (Å²) in [6.45, 7) is 0. The molecule has 1 aromatic carbocycles. The molecule has 2 aromatic rings. The third-order valence-corrected chi connectivity index (χ3v) is 2.77. The highest BCUT2D eigenvalue weighted by molar-refractivity contribution is 9.08. The smallest absolute Gasteiger partial charge is 0.406 e. The highest BCUT2D eigenvalue weighted by Crippen LogP contribution is 2.23. The molecule has 3 nitrogen and oxygen atoms in total. The van der Waals surface area contributed by atoms with Crippen LogP contribution in [0.3, 0.4) is 0 Å². The van der Waals surface area contributed by atoms with Gasteiger partial charge in [-0.2, -0.15) is 5.10 Å². The maximum Gasteiger partial charge on any atom is 0.573 e. The Morgan fingerprint density at radius 3 is 2.39 bits per heavy atom. The maximum atomic E-state index is 12.0. The van der Waals surface area contributed by atoms with E-state index in [9.17, 15) is 13.2 Å². The zero-order valence-corrected chi connectivity index (χ0v) is 10.6. The summed E-state index contributed by atoms with van der Waals surface area (Å²) in [6.07, 6.45) is -1.21. The van der Waals surface area contributed by atoms with E-state index in [-0.39, 0.29) is 5.75 Å². The molecule has 0 spiro atoms. The zero-order valence-electron chi connectivity index (χ0n) is 8.99. The summed E-state index contributed by atoms with van der Waals surface area (Å²) in [5.41, 5.74) is 1.64. The SMILES string of the molecule is FC(F)(F)Oc1ccc(-n2cc(CBr)cn2)cc1. The first-order valence-electron chi connectivity index (χ1n) is 4.93. The van der Waals surface area contributed by atoms with E-state index in [0.717, 1.165) is 5.56 Å². The number of rotatable bonds is 3. The van der Waals surface area contributed by atoms with Crippen molar-refractivity contribution in [3.05, 3.63) is 42.2 Å². The fraction of sp³-hybridized carbons (Fsp3) is 0.182. The number of ether oxygens (including phenoxy) is 1. The molecule has 18 heavy (non-hydrogen) atoms. The van der Waals surface area contributed by atoms with Crippen LogP contribution in [0.25, 0.3) is 5.69 Å². The third kappa shape index (κ3) is 3.25. The minimum atomic E-state index is -4.67. The van der Waals surface area contributed by atoms with Crippen molar-refractivity contribution < 1.29 is 17.9 Å². The zero-order chi connectivity index (χ0) is 13.2. The van der Waals surface area contributed by atoms with E-state index in [2.05, 4.69) is 25.8 Å². The van der Waals surface area contributed by atoms with Gasteiger partial charge in [-0.3, -0.25) is 0 Å². The van der Waals surface area contributed by atoms with E-state index < -0.39 is 6.36 Å². The molecule has 0 atom stereocenters. The van der Waals surface area contributed by atoms with Crippen LogP contribution in [0.4, 0.5) is 13.2 Å². The Morgan fingerprint density at radius 1 is 1.22 bits per heavy atom. The van der Waals surface area contributed by atoms with Gasteiger partial charge in [-0.25, -0.2) is 4.68 Å². The summed E-state index contributed by atoms with van der Waals surface area (Å²) in [5, 5.41) is 4.75. The second kappa shape index (κ2) is 5.01. The van der Waals surface area contributed by atoms with Crippen LogP contribution in [0.15, 0.2) is 36.7 Å². The monoisotopic (exact) mass is 320 g/mol. The summed E-state index contributed by atoms with van der Waals surface area (Å²) in [7, 11) is 0. The molecule has 0 saturated carbocycles. The Hall–Kier alpha value is -1.50. The van der Waals surface area contributed by atoms with Gasteiger partial charge in [0.2, 0.25) is 0 Å². The molecule has 0 unspecified atom stereocenters. The molecule has 2 rings (SSSR count). The average molecular weight is 321 g/mol. The normalized spacial score (nSPS) is 11.6. The number of aromatic nitrogens is 2. The number of nitrogens with zero attached hydrogens (tertiary/aromatic N) is 2. The first-order valence-corrected chi connectivity index (χ1v) is 6.06. The minimum absolute atomic E-state index is 0.251. The molecule has 0 saturated heterocycles. The Balaban J connectivity index is 2.17. The molecule has 0 aliphatic heterocycles. The Bertz CT molecular complexity index is 522. The summed E-state index contributed by atoms with van der Waals surface area (Å²) in [4.78, 5) is 0. The van der Waals surface area contributed by atoms with Crippen LogP contribution in [0, 0.1) is 0 Å². The summed E-state index contributed by atoms with van der Waals surface area (Å²) in [6, 6.07) is 5.51. The van der Waals surface area contributed by atoms with E-state index in [4.69, 9.17) is 0 Å². The van der Waals surface area contributed by atoms with Crippen molar-refractivity contribution in [2.24, 2.45) is 0 Å². The third-order valence-electron chi connectivity index (χ3n) is 2.13. The standard InChI is InChI=1S/C11H8BrF3N2O/c12-5-8-6-16-17(7-8)9-1-3-10(4-2-9)18-11(13,14)15/h1-4,6-7H,5H2. The number of hydrogen-bond donors (Lipinski definition) is 0. The predicted molar refractivity (Wildman–Crippen MR) is 62.9 cm³/mol. The van der Waals surface area contributed by atoms with Gasteiger partial charge in [0.05, 0.1) is 11.9 Å². The minimum Gasteiger partial charge on any atom is -0.406 e. The van der Waals surface area contributed by atoms with Crippen molar-refractivity contribution in [2.75, 3.05) is 0 Å². The molecule has 1 heterocycles. The van der Waals surface area contributed by atoms with Gasteiger partial charge in [-0.05, 0) is 24.3 Å². The Kier molecular flexibility index (Phi) is 3.60. The van der Waals surface area contributed by atoms with Gasteiger partial charge in [-0.15, -0.1) is 13.2 Å². The van der Waals surface area contributed by atoms with Gasteiger partial charge < -0.3 is 4.74 Å². The maximum absolute atomic E-state index is 12.0. The second-order valence-electron chi connectivity index (χ2n) is 3.47. The molecule has 1 aromatic heterocycles. The fourth-order valence-corrected chi connectivity index (χ4v) is 1.66. The number of hydrogen-bond acceptors (Lipinski definition) is 2. The highest BCUT2D eigenvalue weighted by Gasteiger charge is 2.30. The molecule has 0 N–H and O–H groups in total. The first kappa shape index (κ1) is 12.9. The van der Waals surface area contributed by atoms with Crippen LogP contribution in [0.1, 0.15) is 5.56 Å². The van der Waals surface area contributed by atoms with Gasteiger partial charge in [0.1, 0.15) is 5.75 Å². The Morgan fingerprint density at radius 2 is 1.89 bits per heavy atom. The van der Waals surface area contributed by atoms with Crippen molar-refractivity contribution in [3.8, 4) is 11.4 Å². The topological polar surface area (TPSA) is 27.1 Å². The summed E-state index contributed by atoms with van der Waals surface area (Å²) >= 11 is 3.29. The lowest BCUT2D eigenvalue weighted by Crippen LogP contribution is -2.17. The van der Waals surface area contributed by atoms with E-state index in [1.165, 1.54) is 24.3 Å². The molecule has 0 bridgehead atoms. The molecule has 0 amide bonds. The van der Waals surface area contributed by atoms with E-state index in [0.29, 0.717) is 11.0 Å². The van der Waals surface area contributed by atoms with Crippen LogP contribution in [0.5, 0.6) is 5.75 Å². The highest BCUT2D eigenvalue weighted by atomic mass is 79.9. The summed E-state index contributed by atoms with van der Waals surface area (Å²) in [5.74, 6) is -0.251. The van der Waals surface area contributed by atoms with Crippen molar-refractivity contribution in [3.63, 3.8) is 0 Å². The van der Waals surface area contributed by atoms with Gasteiger partial charge >= 0.3 is 6.36 Å². The van der Waals surface area contributed by atoms with E-state index >= 15 is 0 Å². The predicted octanol–water partition coefficient (Wildman–Crippen LogP) is 3.67. The molecule has 96 valence electrons. The lowest BCUT2D eigenvalue weighted by Gasteiger charge is -2.09. The number of alkyl halides is 4. The molecule has 0 aliphatic carbocycles. The quantitative estimate of drug-likeness (QED) is 0.807. The average Bonchev–Trinajstić information content (AvgIpc) is 2.76. The number of halogens is 4. The molecule has 0 fully saturated rings. The molecular formula is C11H8BrF3N2O. The van der Waals surface area contributed by atoms with Gasteiger partial charge in [0, 0.05) is 17.1 Å². The fourth-order valence-electron chi connectivity index (χ4n) is 1.37. The second-order valence-corrected chi connectivity index (χ2v) is 4.03. The van der Waals surface area contributed by atoms with E-state index in [1.54, 1.807) is 17.1 Å². The van der Waals surface area contributed by atoms with Crippen molar-refractivity contribution in [1.82, 2.24) is 9.78 Å². The van der Waals surface area contributed by atoms with Crippen molar-refractivity contribution in [2.45, 2.75) is 11.7 Å². The van der Waals surface area contributed by atoms with Crippen LogP contribution >= 0.6 is 15.9 Å². The van der Waals surface area contributed by atoms with Crippen LogP contribution in [0.2, 0.25) is 0 Å². The van der Waals surface area contributed by atoms with Gasteiger partial charge in [-0.1, -0.05) is 15.9 Å². The van der Waals surface area contributed by atoms with E-state index in [1.807, 2.05) is 0 Å². The molecular weight excluding hydrogens is 313 g/mol. The molecule has 0 radical (unpaired) electrons. The van der Waals surface area contributed by atoms with Crippen molar-refractivity contribution in [1.29, 1.82) is 0 Å². The summed E-state index contributed by atoms with van der Waals surface area (Å²) < 4.78 is 41.3. The molecule has 0 aliphatic rings. The van der Waals surface area contributed by atoms with Crippen LogP contribution in [-0.2, 0) is 5.33 Å². The van der Waals surface area contributed by atoms with Crippen LogP contribution < -0.4 is 4.74 Å². The molecule has 7 heteroatoms. The van der Waals surface area contributed by atoms with Gasteiger partial charge in [0.25, 0.3) is 0 Å². The van der Waals surface area contributed by atoms with Crippen LogP contribution in [-0.4, -0.2) is 16.1 Å². The number of benzene rings is 1. The first-order chi connectivity index (χ1) is 8.48. The lowest BCUT2D eigenvalue weighted by molar-refractivity contribution is -0.274. The largest absolute Gasteiger partial charge is 0.573 e.